The number of likely N-dealkylation sites (N-methyl/N-ethyl adjacent to an activating group) is 1. The SMILES string of the molecule is COc1ccc2c(c1)c(CCN(C)C)cn2P(=O)(OCc1oc(=O)oc1C)OCc1oc(=O)oc1C. The van der Waals surface area contributed by atoms with Crippen molar-refractivity contribution in [3.8, 4) is 5.75 Å². The zero-order valence-corrected chi connectivity index (χ0v) is 21.5. The number of fused-ring (bicyclic) bond motifs is 1. The molecule has 13 heteroatoms. The lowest BCUT2D eigenvalue weighted by Crippen LogP contribution is -2.14. The lowest BCUT2D eigenvalue weighted by atomic mass is 10.1. The van der Waals surface area contributed by atoms with Gasteiger partial charge in [-0.25, -0.2) is 14.2 Å². The molecule has 1 aromatic carbocycles. The maximum atomic E-state index is 14.3. The summed E-state index contributed by atoms with van der Waals surface area (Å²) in [6.07, 6.45) is 2.35. The van der Waals surface area contributed by atoms with Crippen LogP contribution in [-0.2, 0) is 33.2 Å². The van der Waals surface area contributed by atoms with E-state index in [0.717, 1.165) is 17.5 Å². The quantitative estimate of drug-likeness (QED) is 0.265. The minimum absolute atomic E-state index is 0.0702. The second-order valence-electron chi connectivity index (χ2n) is 8.32. The van der Waals surface area contributed by atoms with E-state index in [4.69, 9.17) is 31.5 Å². The summed E-state index contributed by atoms with van der Waals surface area (Å²) >= 11 is 0. The standard InChI is InChI=1S/C23H27N2O10P/c1-14-20(34-22(26)32-14)12-30-36(28,31-13-21-15(2)33-23(27)35-21)25-11-16(8-9-24(3)4)18-10-17(29-5)6-7-19(18)25/h6-7,10-11H,8-9,12-13H2,1-5H3. The average Bonchev–Trinajstić information content (AvgIpc) is 3.47. The summed E-state index contributed by atoms with van der Waals surface area (Å²) < 4.78 is 52.4. The van der Waals surface area contributed by atoms with Gasteiger partial charge in [0.1, 0.15) is 30.5 Å². The zero-order chi connectivity index (χ0) is 26.0. The van der Waals surface area contributed by atoms with Crippen molar-refractivity contribution in [1.29, 1.82) is 0 Å². The van der Waals surface area contributed by atoms with Crippen molar-refractivity contribution in [2.75, 3.05) is 27.7 Å². The highest BCUT2D eigenvalue weighted by Gasteiger charge is 2.33. The fourth-order valence-electron chi connectivity index (χ4n) is 3.59. The molecule has 4 aromatic rings. The molecule has 3 heterocycles. The molecule has 36 heavy (non-hydrogen) atoms. The number of methoxy groups -OCH3 is 1. The third kappa shape index (κ3) is 5.41. The van der Waals surface area contributed by atoms with Crippen LogP contribution in [-0.4, -0.2) is 37.0 Å². The molecule has 0 saturated carbocycles. The van der Waals surface area contributed by atoms with E-state index in [2.05, 4.69) is 0 Å². The molecule has 0 unspecified atom stereocenters. The van der Waals surface area contributed by atoms with Gasteiger partial charge >= 0.3 is 19.4 Å². The molecule has 0 atom stereocenters. The van der Waals surface area contributed by atoms with Crippen LogP contribution < -0.4 is 16.4 Å². The Morgan fingerprint density at radius 1 is 0.944 bits per heavy atom. The minimum atomic E-state index is -4.16. The van der Waals surface area contributed by atoms with E-state index >= 15 is 0 Å². The summed E-state index contributed by atoms with van der Waals surface area (Å²) in [5.41, 5.74) is 1.46. The van der Waals surface area contributed by atoms with Gasteiger partial charge in [-0.15, -0.1) is 0 Å². The molecule has 0 aliphatic rings. The summed E-state index contributed by atoms with van der Waals surface area (Å²) in [4.78, 5) is 24.9. The van der Waals surface area contributed by atoms with Crippen molar-refractivity contribution < 1.29 is 36.0 Å². The van der Waals surface area contributed by atoms with Gasteiger partial charge in [0.15, 0.2) is 11.5 Å². The fourth-order valence-corrected chi connectivity index (χ4v) is 5.19. The van der Waals surface area contributed by atoms with Gasteiger partial charge in [0.25, 0.3) is 0 Å². The summed E-state index contributed by atoms with van der Waals surface area (Å²) in [5.74, 6) is -0.644. The van der Waals surface area contributed by atoms with E-state index < -0.39 is 19.4 Å². The monoisotopic (exact) mass is 522 g/mol. The normalized spacial score (nSPS) is 12.2. The van der Waals surface area contributed by atoms with E-state index in [-0.39, 0.29) is 36.3 Å². The van der Waals surface area contributed by atoms with Gasteiger partial charge in [0.2, 0.25) is 0 Å². The lowest BCUT2D eigenvalue weighted by molar-refractivity contribution is 0.163. The number of aryl methyl sites for hydroxylation is 2. The van der Waals surface area contributed by atoms with Crippen LogP contribution in [0.15, 0.2) is 51.7 Å². The average molecular weight is 522 g/mol. The van der Waals surface area contributed by atoms with Crippen LogP contribution in [0.4, 0.5) is 0 Å². The molecule has 0 aliphatic heterocycles. The zero-order valence-electron chi connectivity index (χ0n) is 20.6. The van der Waals surface area contributed by atoms with Crippen LogP contribution in [0.2, 0.25) is 0 Å². The molecule has 4 rings (SSSR count). The van der Waals surface area contributed by atoms with Crippen molar-refractivity contribution in [2.45, 2.75) is 33.5 Å². The molecule has 0 fully saturated rings. The van der Waals surface area contributed by atoms with Crippen molar-refractivity contribution in [3.05, 3.63) is 74.2 Å². The van der Waals surface area contributed by atoms with Crippen molar-refractivity contribution in [1.82, 2.24) is 9.24 Å². The third-order valence-electron chi connectivity index (χ3n) is 5.56. The predicted octanol–water partition coefficient (Wildman–Crippen LogP) is 3.85. The first-order chi connectivity index (χ1) is 17.1. The van der Waals surface area contributed by atoms with Gasteiger partial charge in [-0.3, -0.25) is 13.4 Å². The Hall–Kier alpha value is -3.31. The summed E-state index contributed by atoms with van der Waals surface area (Å²) in [6, 6.07) is 5.33. The molecule has 0 saturated heterocycles. The largest absolute Gasteiger partial charge is 0.519 e. The molecule has 0 amide bonds. The van der Waals surface area contributed by atoms with Crippen LogP contribution in [0.25, 0.3) is 10.9 Å². The number of rotatable bonds is 11. The molecule has 0 radical (unpaired) electrons. The number of hydrogen-bond acceptors (Lipinski definition) is 11. The number of benzene rings is 1. The maximum Gasteiger partial charge on any atom is 0.519 e. The second-order valence-corrected chi connectivity index (χ2v) is 10.2. The molecule has 0 aliphatic carbocycles. The molecule has 3 aromatic heterocycles. The van der Waals surface area contributed by atoms with Crippen LogP contribution in [0, 0.1) is 13.8 Å². The van der Waals surface area contributed by atoms with E-state index in [0.29, 0.717) is 17.7 Å². The highest BCUT2D eigenvalue weighted by Crippen LogP contribution is 2.54. The Bertz CT molecular complexity index is 1460. The Morgan fingerprint density at radius 2 is 1.53 bits per heavy atom. The number of nitrogens with zero attached hydrogens (tertiary/aromatic N) is 2. The first-order valence-corrected chi connectivity index (χ1v) is 12.5. The molecular formula is C23H27N2O10P. The highest BCUT2D eigenvalue weighted by molar-refractivity contribution is 7.52. The van der Waals surface area contributed by atoms with E-state index in [1.807, 2.05) is 25.1 Å². The topological polar surface area (TPSA) is 140 Å². The first-order valence-electron chi connectivity index (χ1n) is 11.0. The molecule has 0 spiro atoms. The molecule has 0 bridgehead atoms. The molecular weight excluding hydrogens is 495 g/mol. The van der Waals surface area contributed by atoms with Crippen molar-refractivity contribution >= 4 is 18.6 Å². The Labute approximate surface area is 205 Å². The number of hydrogen-bond donors (Lipinski definition) is 0. The van der Waals surface area contributed by atoms with Gasteiger partial charge < -0.3 is 27.3 Å². The van der Waals surface area contributed by atoms with Crippen molar-refractivity contribution in [2.24, 2.45) is 0 Å². The van der Waals surface area contributed by atoms with Gasteiger partial charge in [0.05, 0.1) is 12.6 Å². The molecule has 12 nitrogen and oxygen atoms in total. The molecule has 194 valence electrons. The number of ether oxygens (including phenoxy) is 1. The van der Waals surface area contributed by atoms with E-state index in [1.165, 1.54) is 18.2 Å². The first kappa shape index (κ1) is 25.8. The summed E-state index contributed by atoms with van der Waals surface area (Å²) in [6.45, 7) is 3.05. The predicted molar refractivity (Wildman–Crippen MR) is 127 cm³/mol. The van der Waals surface area contributed by atoms with E-state index in [1.54, 1.807) is 25.4 Å². The fraction of sp³-hybridized carbons (Fsp3) is 0.391. The van der Waals surface area contributed by atoms with Crippen LogP contribution in [0.5, 0.6) is 5.75 Å². The van der Waals surface area contributed by atoms with E-state index in [9.17, 15) is 14.2 Å². The Kier molecular flexibility index (Phi) is 7.41. The van der Waals surface area contributed by atoms with Crippen molar-refractivity contribution in [3.63, 3.8) is 0 Å². The Balaban J connectivity index is 1.77. The Morgan fingerprint density at radius 3 is 2.00 bits per heavy atom. The summed E-state index contributed by atoms with van der Waals surface area (Å²) in [7, 11) is 1.32. The third-order valence-corrected chi connectivity index (χ3v) is 7.33. The second kappa shape index (κ2) is 10.4. The van der Waals surface area contributed by atoms with Gasteiger partial charge in [0, 0.05) is 18.1 Å². The van der Waals surface area contributed by atoms with Crippen LogP contribution in [0.3, 0.4) is 0 Å². The van der Waals surface area contributed by atoms with Gasteiger partial charge in [-0.1, -0.05) is 0 Å². The highest BCUT2D eigenvalue weighted by atomic mass is 31.2. The summed E-state index contributed by atoms with van der Waals surface area (Å²) in [5, 5.41) is 0.806. The molecule has 0 N–H and O–H groups in total. The van der Waals surface area contributed by atoms with Crippen LogP contribution >= 0.6 is 7.75 Å². The smallest absolute Gasteiger partial charge is 0.497 e. The maximum absolute atomic E-state index is 14.3. The lowest BCUT2D eigenvalue weighted by Gasteiger charge is -2.19. The number of aromatic nitrogens is 1. The van der Waals surface area contributed by atoms with Gasteiger partial charge in [-0.2, -0.15) is 0 Å². The minimum Gasteiger partial charge on any atom is -0.497 e. The van der Waals surface area contributed by atoms with Gasteiger partial charge in [-0.05, 0) is 58.1 Å². The van der Waals surface area contributed by atoms with Crippen LogP contribution in [0.1, 0.15) is 28.6 Å².